The van der Waals surface area contributed by atoms with Gasteiger partial charge < -0.3 is 10.1 Å². The van der Waals surface area contributed by atoms with Crippen molar-refractivity contribution in [1.82, 2.24) is 14.9 Å². The highest BCUT2D eigenvalue weighted by Gasteiger charge is 2.22. The molecule has 9 heteroatoms. The van der Waals surface area contributed by atoms with E-state index in [0.717, 1.165) is 29.8 Å². The Labute approximate surface area is 208 Å². The quantitative estimate of drug-likeness (QED) is 0.461. The smallest absolute Gasteiger partial charge is 0.240 e. The number of benzene rings is 2. The Hall–Kier alpha value is -2.77. The van der Waals surface area contributed by atoms with E-state index in [9.17, 15) is 13.2 Å². The van der Waals surface area contributed by atoms with Crippen LogP contribution in [0, 0.1) is 17.2 Å². The van der Waals surface area contributed by atoms with E-state index >= 15 is 0 Å². The minimum atomic E-state index is -3.66. The van der Waals surface area contributed by atoms with Crippen molar-refractivity contribution in [3.8, 4) is 17.2 Å². The van der Waals surface area contributed by atoms with Gasteiger partial charge in [0.05, 0.1) is 30.1 Å². The van der Waals surface area contributed by atoms with Gasteiger partial charge in [0.25, 0.3) is 0 Å². The molecule has 2 N–H and O–H groups in total. The maximum Gasteiger partial charge on any atom is 0.240 e. The molecule has 1 atom stereocenters. The molecule has 1 aliphatic heterocycles. The molecule has 0 spiro atoms. The normalized spacial score (nSPS) is 15.5. The lowest BCUT2D eigenvalue weighted by Crippen LogP contribution is -2.41. The first-order chi connectivity index (χ1) is 16.8. The molecule has 2 aromatic rings. The number of hydrogen-bond acceptors (Lipinski definition) is 6. The second-order valence-corrected chi connectivity index (χ2v) is 10.8. The highest BCUT2D eigenvalue weighted by molar-refractivity contribution is 7.89. The van der Waals surface area contributed by atoms with Crippen molar-refractivity contribution in [2.24, 2.45) is 5.92 Å². The van der Waals surface area contributed by atoms with E-state index < -0.39 is 15.9 Å². The van der Waals surface area contributed by atoms with E-state index in [-0.39, 0.29) is 23.3 Å². The number of amides is 1. The first-order valence-corrected chi connectivity index (χ1v) is 13.4. The van der Waals surface area contributed by atoms with Gasteiger partial charge in [0, 0.05) is 26.2 Å². The molecule has 1 aliphatic rings. The highest BCUT2D eigenvalue weighted by Crippen LogP contribution is 2.29. The molecule has 0 bridgehead atoms. The summed E-state index contributed by atoms with van der Waals surface area (Å²) in [5.74, 6) is -0.288. The van der Waals surface area contributed by atoms with Crippen LogP contribution < -0.4 is 10.0 Å². The number of nitrogens with zero attached hydrogens (tertiary/aromatic N) is 2. The number of hydrogen-bond donors (Lipinski definition) is 2. The van der Waals surface area contributed by atoms with Crippen LogP contribution in [-0.4, -0.2) is 65.2 Å². The van der Waals surface area contributed by atoms with Crippen LogP contribution in [0.3, 0.4) is 0 Å². The molecule has 8 nitrogen and oxygen atoms in total. The number of nitrogens with one attached hydrogen (secondary N) is 2. The monoisotopic (exact) mass is 498 g/mol. The SMILES string of the molecule is CC(C)CC(C(=O)NCC#N)c1cccc(-c2cccc(S(=O)(=O)NCCN3CCOCC3)c2)c1. The minimum Gasteiger partial charge on any atom is -0.379 e. The Kier molecular flexibility index (Phi) is 9.81. The van der Waals surface area contributed by atoms with E-state index in [1.807, 2.05) is 36.4 Å². The van der Waals surface area contributed by atoms with Gasteiger partial charge in [0.1, 0.15) is 6.54 Å². The van der Waals surface area contributed by atoms with Gasteiger partial charge in [-0.3, -0.25) is 9.69 Å². The number of rotatable bonds is 11. The molecular weight excluding hydrogens is 464 g/mol. The van der Waals surface area contributed by atoms with Crippen LogP contribution in [0.2, 0.25) is 0 Å². The average molecular weight is 499 g/mol. The summed E-state index contributed by atoms with van der Waals surface area (Å²) < 4.78 is 33.8. The Morgan fingerprint density at radius 2 is 1.80 bits per heavy atom. The zero-order valence-corrected chi connectivity index (χ0v) is 21.2. The Balaban J connectivity index is 1.77. The molecule has 1 fully saturated rings. The van der Waals surface area contributed by atoms with Crippen molar-refractivity contribution in [2.75, 3.05) is 45.9 Å². The van der Waals surface area contributed by atoms with Crippen molar-refractivity contribution in [2.45, 2.75) is 31.1 Å². The maximum absolute atomic E-state index is 12.9. The predicted molar refractivity (Wildman–Crippen MR) is 135 cm³/mol. The van der Waals surface area contributed by atoms with Gasteiger partial charge in [-0.05, 0) is 41.2 Å². The van der Waals surface area contributed by atoms with Gasteiger partial charge >= 0.3 is 0 Å². The molecule has 1 heterocycles. The standard InChI is InChI=1S/C26H34N4O4S/c1-20(2)17-25(26(31)28-10-9-27)23-7-3-5-21(18-23)22-6-4-8-24(19-22)35(32,33)29-11-12-30-13-15-34-16-14-30/h3-8,18-20,25,29H,10-17H2,1-2H3,(H,28,31). The molecular formula is C26H34N4O4S. The number of ether oxygens (including phenoxy) is 1. The Morgan fingerprint density at radius 1 is 1.11 bits per heavy atom. The largest absolute Gasteiger partial charge is 0.379 e. The summed E-state index contributed by atoms with van der Waals surface area (Å²) in [7, 11) is -3.66. The van der Waals surface area contributed by atoms with E-state index in [1.54, 1.807) is 18.2 Å². The topological polar surface area (TPSA) is 112 Å². The molecule has 1 saturated heterocycles. The lowest BCUT2D eigenvalue weighted by Gasteiger charge is -2.26. The number of sulfonamides is 1. The molecule has 1 amide bonds. The van der Waals surface area contributed by atoms with Crippen LogP contribution in [0.25, 0.3) is 11.1 Å². The summed E-state index contributed by atoms with van der Waals surface area (Å²) in [5, 5.41) is 11.5. The van der Waals surface area contributed by atoms with Crippen LogP contribution in [0.15, 0.2) is 53.4 Å². The summed E-state index contributed by atoms with van der Waals surface area (Å²) >= 11 is 0. The van der Waals surface area contributed by atoms with E-state index in [2.05, 4.69) is 28.8 Å². The van der Waals surface area contributed by atoms with Crippen LogP contribution in [0.4, 0.5) is 0 Å². The molecule has 0 aromatic heterocycles. The fourth-order valence-electron chi connectivity index (χ4n) is 4.14. The maximum atomic E-state index is 12.9. The van der Waals surface area contributed by atoms with Gasteiger partial charge in [-0.15, -0.1) is 0 Å². The predicted octanol–water partition coefficient (Wildman–Crippen LogP) is 2.73. The van der Waals surface area contributed by atoms with Crippen molar-refractivity contribution in [3.05, 3.63) is 54.1 Å². The van der Waals surface area contributed by atoms with Crippen molar-refractivity contribution in [3.63, 3.8) is 0 Å². The van der Waals surface area contributed by atoms with Crippen LogP contribution in [0.1, 0.15) is 31.7 Å². The molecule has 188 valence electrons. The zero-order valence-electron chi connectivity index (χ0n) is 20.4. The van der Waals surface area contributed by atoms with E-state index in [1.165, 1.54) is 0 Å². The van der Waals surface area contributed by atoms with Crippen LogP contribution in [0.5, 0.6) is 0 Å². The number of nitriles is 1. The molecule has 1 unspecified atom stereocenters. The second-order valence-electron chi connectivity index (χ2n) is 9.06. The third-order valence-corrected chi connectivity index (χ3v) is 7.41. The summed E-state index contributed by atoms with van der Waals surface area (Å²) in [6, 6.07) is 16.4. The van der Waals surface area contributed by atoms with Gasteiger partial charge in [-0.2, -0.15) is 5.26 Å². The molecule has 35 heavy (non-hydrogen) atoms. The summed E-state index contributed by atoms with van der Waals surface area (Å²) in [4.78, 5) is 15.1. The highest BCUT2D eigenvalue weighted by atomic mass is 32.2. The lowest BCUT2D eigenvalue weighted by molar-refractivity contribution is -0.122. The molecule has 0 radical (unpaired) electrons. The molecule has 2 aromatic carbocycles. The second kappa shape index (κ2) is 12.8. The fraction of sp³-hybridized carbons (Fsp3) is 0.462. The third kappa shape index (κ3) is 7.87. The number of carbonyl (C=O) groups is 1. The van der Waals surface area contributed by atoms with Gasteiger partial charge in [0.2, 0.25) is 15.9 Å². The van der Waals surface area contributed by atoms with Crippen molar-refractivity contribution < 1.29 is 17.9 Å². The first kappa shape index (κ1) is 26.8. The van der Waals surface area contributed by atoms with E-state index in [0.29, 0.717) is 32.7 Å². The summed E-state index contributed by atoms with van der Waals surface area (Å²) in [6.07, 6.45) is 0.641. The molecule has 0 aliphatic carbocycles. The zero-order chi connectivity index (χ0) is 25.3. The third-order valence-electron chi connectivity index (χ3n) is 5.96. The molecule has 3 rings (SSSR count). The van der Waals surface area contributed by atoms with Crippen LogP contribution >= 0.6 is 0 Å². The fourth-order valence-corrected chi connectivity index (χ4v) is 5.21. The van der Waals surface area contributed by atoms with Crippen molar-refractivity contribution in [1.29, 1.82) is 5.26 Å². The minimum absolute atomic E-state index is 0.0361. The Morgan fingerprint density at radius 3 is 2.49 bits per heavy atom. The van der Waals surface area contributed by atoms with E-state index in [4.69, 9.17) is 10.00 Å². The van der Waals surface area contributed by atoms with Gasteiger partial charge in [0.15, 0.2) is 0 Å². The number of morpholine rings is 1. The molecule has 0 saturated carbocycles. The van der Waals surface area contributed by atoms with Gasteiger partial charge in [-0.1, -0.05) is 50.2 Å². The Bertz CT molecular complexity index is 1140. The summed E-state index contributed by atoms with van der Waals surface area (Å²) in [5.41, 5.74) is 2.42. The summed E-state index contributed by atoms with van der Waals surface area (Å²) in [6.45, 7) is 7.99. The van der Waals surface area contributed by atoms with Crippen molar-refractivity contribution >= 4 is 15.9 Å². The average Bonchev–Trinajstić information content (AvgIpc) is 2.86. The lowest BCUT2D eigenvalue weighted by atomic mass is 9.88. The van der Waals surface area contributed by atoms with Gasteiger partial charge in [-0.25, -0.2) is 13.1 Å². The number of carbonyl (C=O) groups excluding carboxylic acids is 1. The van der Waals surface area contributed by atoms with Crippen LogP contribution in [-0.2, 0) is 19.6 Å². The first-order valence-electron chi connectivity index (χ1n) is 11.9.